The summed E-state index contributed by atoms with van der Waals surface area (Å²) in [6.45, 7) is 7.53. The fraction of sp³-hybridized carbons (Fsp3) is 0.269. The van der Waals surface area contributed by atoms with E-state index in [0.29, 0.717) is 22.0 Å². The molecular weight excluding hydrogens is 418 g/mol. The summed E-state index contributed by atoms with van der Waals surface area (Å²) in [6.07, 6.45) is 0. The average Bonchev–Trinajstić information content (AvgIpc) is 2.98. The largest absolute Gasteiger partial charge is 0.507 e. The first kappa shape index (κ1) is 22.3. The van der Waals surface area contributed by atoms with E-state index in [4.69, 9.17) is 0 Å². The first-order valence-corrected chi connectivity index (χ1v) is 10.8. The number of aromatic hydroxyl groups is 1. The van der Waals surface area contributed by atoms with Gasteiger partial charge in [0.15, 0.2) is 0 Å². The molecule has 1 aliphatic heterocycles. The monoisotopic (exact) mass is 445 g/mol. The van der Waals surface area contributed by atoms with Crippen molar-refractivity contribution in [1.82, 2.24) is 10.2 Å². The van der Waals surface area contributed by atoms with Gasteiger partial charge in [0.2, 0.25) is 5.91 Å². The molecule has 0 bridgehead atoms. The smallest absolute Gasteiger partial charge is 0.325 e. The standard InChI is InChI=1S/C26H27N3O4/c1-25(2,3)16-11-13-17(14-12-16)26(4)23(32)29(24(33)28-26)15-22(31)27-20-9-5-8-19-18(20)7-6-10-21(19)30/h5-14,30H,15H2,1-4H3,(H,27,31)(H,28,33). The molecule has 0 saturated carbocycles. The molecule has 1 saturated heterocycles. The number of phenols is 1. The quantitative estimate of drug-likeness (QED) is 0.523. The Morgan fingerprint density at radius 2 is 1.64 bits per heavy atom. The van der Waals surface area contributed by atoms with Gasteiger partial charge >= 0.3 is 6.03 Å². The number of hydrogen-bond acceptors (Lipinski definition) is 4. The number of carbonyl (C=O) groups is 3. The van der Waals surface area contributed by atoms with E-state index in [1.807, 2.05) is 24.3 Å². The minimum Gasteiger partial charge on any atom is -0.507 e. The second-order valence-corrected chi connectivity index (χ2v) is 9.50. The van der Waals surface area contributed by atoms with Gasteiger partial charge < -0.3 is 15.7 Å². The number of benzene rings is 3. The molecule has 0 aromatic heterocycles. The predicted octanol–water partition coefficient (Wildman–Crippen LogP) is 4.25. The molecule has 1 heterocycles. The zero-order chi connectivity index (χ0) is 24.0. The SMILES string of the molecule is CC(C)(C)c1ccc(C2(C)NC(=O)N(CC(=O)Nc3cccc4c(O)cccc34)C2=O)cc1. The molecule has 1 unspecified atom stereocenters. The van der Waals surface area contributed by atoms with E-state index in [2.05, 4.69) is 31.4 Å². The van der Waals surface area contributed by atoms with Crippen molar-refractivity contribution in [2.24, 2.45) is 0 Å². The summed E-state index contributed by atoms with van der Waals surface area (Å²) in [5.74, 6) is -0.894. The van der Waals surface area contributed by atoms with E-state index in [9.17, 15) is 19.5 Å². The second-order valence-electron chi connectivity index (χ2n) is 9.50. The van der Waals surface area contributed by atoms with Crippen molar-refractivity contribution in [1.29, 1.82) is 0 Å². The predicted molar refractivity (Wildman–Crippen MR) is 127 cm³/mol. The summed E-state index contributed by atoms with van der Waals surface area (Å²) in [4.78, 5) is 39.5. The summed E-state index contributed by atoms with van der Waals surface area (Å²) in [7, 11) is 0. The van der Waals surface area contributed by atoms with Gasteiger partial charge in [-0.15, -0.1) is 0 Å². The number of urea groups is 1. The number of carbonyl (C=O) groups excluding carboxylic acids is 3. The van der Waals surface area contributed by atoms with Gasteiger partial charge in [0, 0.05) is 16.5 Å². The van der Waals surface area contributed by atoms with Crippen LogP contribution >= 0.6 is 0 Å². The lowest BCUT2D eigenvalue weighted by Crippen LogP contribution is -2.42. The number of anilines is 1. The van der Waals surface area contributed by atoms with E-state index in [1.165, 1.54) is 0 Å². The Balaban J connectivity index is 1.53. The van der Waals surface area contributed by atoms with Crippen LogP contribution < -0.4 is 10.6 Å². The highest BCUT2D eigenvalue weighted by atomic mass is 16.3. The van der Waals surface area contributed by atoms with Crippen LogP contribution in [0.2, 0.25) is 0 Å². The Hall–Kier alpha value is -3.87. The molecule has 3 N–H and O–H groups in total. The normalized spacial score (nSPS) is 18.5. The number of imide groups is 1. The van der Waals surface area contributed by atoms with Crippen LogP contribution in [0.1, 0.15) is 38.8 Å². The first-order chi connectivity index (χ1) is 15.5. The van der Waals surface area contributed by atoms with Crippen LogP contribution in [0.25, 0.3) is 10.8 Å². The highest BCUT2D eigenvalue weighted by Crippen LogP contribution is 2.32. The number of rotatable bonds is 4. The van der Waals surface area contributed by atoms with E-state index in [0.717, 1.165) is 10.5 Å². The highest BCUT2D eigenvalue weighted by Gasteiger charge is 2.49. The van der Waals surface area contributed by atoms with E-state index >= 15 is 0 Å². The van der Waals surface area contributed by atoms with Crippen LogP contribution in [0.4, 0.5) is 10.5 Å². The maximum Gasteiger partial charge on any atom is 0.325 e. The maximum absolute atomic E-state index is 13.2. The molecule has 170 valence electrons. The van der Waals surface area contributed by atoms with Crippen molar-refractivity contribution in [2.75, 3.05) is 11.9 Å². The molecule has 7 nitrogen and oxygen atoms in total. The molecular formula is C26H27N3O4. The van der Waals surface area contributed by atoms with Crippen molar-refractivity contribution in [3.05, 3.63) is 71.8 Å². The van der Waals surface area contributed by atoms with Crippen molar-refractivity contribution in [3.8, 4) is 5.75 Å². The summed E-state index contributed by atoms with van der Waals surface area (Å²) in [6, 6.07) is 17.1. The fourth-order valence-electron chi connectivity index (χ4n) is 4.08. The summed E-state index contributed by atoms with van der Waals surface area (Å²) >= 11 is 0. The lowest BCUT2D eigenvalue weighted by Gasteiger charge is -2.24. The fourth-order valence-corrected chi connectivity index (χ4v) is 4.08. The Bertz CT molecular complexity index is 1260. The summed E-state index contributed by atoms with van der Waals surface area (Å²) in [5, 5.41) is 16.8. The van der Waals surface area contributed by atoms with E-state index in [1.54, 1.807) is 43.3 Å². The Morgan fingerprint density at radius 1 is 1.00 bits per heavy atom. The third kappa shape index (κ3) is 4.02. The van der Waals surface area contributed by atoms with Crippen LogP contribution in [0, 0.1) is 0 Å². The van der Waals surface area contributed by atoms with E-state index in [-0.39, 0.29) is 11.2 Å². The third-order valence-electron chi connectivity index (χ3n) is 6.08. The third-order valence-corrected chi connectivity index (χ3v) is 6.08. The van der Waals surface area contributed by atoms with Gasteiger partial charge in [0.05, 0.1) is 0 Å². The molecule has 0 radical (unpaired) electrons. The van der Waals surface area contributed by atoms with Gasteiger partial charge in [-0.2, -0.15) is 0 Å². The maximum atomic E-state index is 13.2. The van der Waals surface area contributed by atoms with Gasteiger partial charge in [0.1, 0.15) is 17.8 Å². The number of amides is 4. The van der Waals surface area contributed by atoms with Crippen LogP contribution in [-0.4, -0.2) is 34.4 Å². The Labute approximate surface area is 192 Å². The van der Waals surface area contributed by atoms with Gasteiger partial charge in [-0.05, 0) is 35.6 Å². The van der Waals surface area contributed by atoms with Gasteiger partial charge in [-0.25, -0.2) is 4.79 Å². The minimum absolute atomic E-state index is 0.0368. The molecule has 3 aromatic rings. The molecule has 4 rings (SSSR count). The lowest BCUT2D eigenvalue weighted by atomic mass is 9.84. The van der Waals surface area contributed by atoms with Crippen LogP contribution in [-0.2, 0) is 20.5 Å². The minimum atomic E-state index is -1.25. The van der Waals surface area contributed by atoms with Crippen molar-refractivity contribution in [2.45, 2.75) is 38.6 Å². The first-order valence-electron chi connectivity index (χ1n) is 10.8. The van der Waals surface area contributed by atoms with Gasteiger partial charge in [-0.1, -0.05) is 69.3 Å². The van der Waals surface area contributed by atoms with E-state index < -0.39 is 29.9 Å². The molecule has 1 atom stereocenters. The number of nitrogens with zero attached hydrogens (tertiary/aromatic N) is 1. The molecule has 3 aromatic carbocycles. The van der Waals surface area contributed by atoms with Crippen molar-refractivity contribution >= 4 is 34.3 Å². The molecule has 7 heteroatoms. The molecule has 1 fully saturated rings. The number of phenolic OH excluding ortho intramolecular Hbond substituents is 1. The summed E-state index contributed by atoms with van der Waals surface area (Å²) in [5.41, 5.74) is 0.968. The van der Waals surface area contributed by atoms with Crippen molar-refractivity contribution in [3.63, 3.8) is 0 Å². The zero-order valence-corrected chi connectivity index (χ0v) is 19.1. The van der Waals surface area contributed by atoms with Crippen LogP contribution in [0.3, 0.4) is 0 Å². The van der Waals surface area contributed by atoms with Gasteiger partial charge in [-0.3, -0.25) is 14.5 Å². The highest BCUT2D eigenvalue weighted by molar-refractivity contribution is 6.11. The number of nitrogens with one attached hydrogen (secondary N) is 2. The number of fused-ring (bicyclic) bond motifs is 1. The molecule has 0 spiro atoms. The topological polar surface area (TPSA) is 98.7 Å². The van der Waals surface area contributed by atoms with Crippen LogP contribution in [0.5, 0.6) is 5.75 Å². The molecule has 1 aliphatic rings. The Morgan fingerprint density at radius 3 is 2.30 bits per heavy atom. The zero-order valence-electron chi connectivity index (χ0n) is 19.1. The Kier molecular flexibility index (Phi) is 5.36. The van der Waals surface area contributed by atoms with Crippen molar-refractivity contribution < 1.29 is 19.5 Å². The molecule has 0 aliphatic carbocycles. The summed E-state index contributed by atoms with van der Waals surface area (Å²) < 4.78 is 0. The number of hydrogen-bond donors (Lipinski definition) is 3. The molecule has 33 heavy (non-hydrogen) atoms. The average molecular weight is 446 g/mol. The molecule has 4 amide bonds. The second kappa shape index (κ2) is 7.92. The lowest BCUT2D eigenvalue weighted by molar-refractivity contribution is -0.133. The van der Waals surface area contributed by atoms with Gasteiger partial charge in [0.25, 0.3) is 5.91 Å². The van der Waals surface area contributed by atoms with Crippen LogP contribution in [0.15, 0.2) is 60.7 Å².